The molecule has 18 heavy (non-hydrogen) atoms. The van der Waals surface area contributed by atoms with Crippen molar-refractivity contribution in [2.75, 3.05) is 6.54 Å². The minimum atomic E-state index is -0.871. The Hall–Kier alpha value is -1.92. The lowest BCUT2D eigenvalue weighted by atomic mass is 10.3. The van der Waals surface area contributed by atoms with E-state index in [0.717, 1.165) is 12.8 Å². The second-order valence-electron chi connectivity index (χ2n) is 4.37. The number of hydrogen-bond acceptors (Lipinski definition) is 4. The summed E-state index contributed by atoms with van der Waals surface area (Å²) >= 11 is 0. The lowest BCUT2D eigenvalue weighted by Gasteiger charge is -2.21. The van der Waals surface area contributed by atoms with Gasteiger partial charge in [-0.3, -0.25) is 14.3 Å². The normalized spacial score (nSPS) is 14.4. The van der Waals surface area contributed by atoms with Crippen LogP contribution in [0.1, 0.15) is 25.7 Å². The Labute approximate surface area is 104 Å². The molecule has 0 spiro atoms. The molecule has 1 aliphatic carbocycles. The number of aryl methyl sites for hydroxylation is 1. The van der Waals surface area contributed by atoms with Crippen LogP contribution >= 0.6 is 0 Å². The molecular formula is C11H16N4O3. The number of nitrogens with zero attached hydrogens (tertiary/aromatic N) is 4. The molecule has 0 radical (unpaired) electrons. The van der Waals surface area contributed by atoms with Crippen molar-refractivity contribution >= 4 is 11.9 Å². The van der Waals surface area contributed by atoms with E-state index in [2.05, 4.69) is 10.1 Å². The van der Waals surface area contributed by atoms with Gasteiger partial charge in [0, 0.05) is 19.0 Å². The topological polar surface area (TPSA) is 88.3 Å². The maximum atomic E-state index is 12.0. The summed E-state index contributed by atoms with van der Waals surface area (Å²) in [6.45, 7) is 0.783. The van der Waals surface area contributed by atoms with Crippen molar-refractivity contribution in [3.8, 4) is 0 Å². The van der Waals surface area contributed by atoms with Crippen LogP contribution in [0.15, 0.2) is 12.7 Å². The number of carbonyl (C=O) groups is 2. The van der Waals surface area contributed by atoms with Gasteiger partial charge in [0.15, 0.2) is 0 Å². The van der Waals surface area contributed by atoms with Gasteiger partial charge in [0.05, 0.1) is 13.0 Å². The molecule has 1 aromatic heterocycles. The number of amides is 1. The largest absolute Gasteiger partial charge is 0.481 e. The Bertz CT molecular complexity index is 414. The SMILES string of the molecule is O=C(O)CCN(C(=O)CCn1cncn1)C1CC1. The summed E-state index contributed by atoms with van der Waals surface area (Å²) in [6, 6.07) is 0.243. The smallest absolute Gasteiger partial charge is 0.305 e. The third kappa shape index (κ3) is 3.54. The van der Waals surface area contributed by atoms with E-state index in [9.17, 15) is 9.59 Å². The molecule has 1 saturated carbocycles. The van der Waals surface area contributed by atoms with Crippen LogP contribution in [0.25, 0.3) is 0 Å². The molecule has 0 aliphatic heterocycles. The Balaban J connectivity index is 1.81. The van der Waals surface area contributed by atoms with Crippen LogP contribution in [-0.2, 0) is 16.1 Å². The highest BCUT2D eigenvalue weighted by Gasteiger charge is 2.32. The molecule has 0 saturated heterocycles. The molecule has 0 atom stereocenters. The van der Waals surface area contributed by atoms with Crippen LogP contribution in [0.3, 0.4) is 0 Å². The predicted octanol–water partition coefficient (Wildman–Crippen LogP) is 0.134. The Morgan fingerprint density at radius 2 is 2.17 bits per heavy atom. The van der Waals surface area contributed by atoms with Crippen molar-refractivity contribution in [3.63, 3.8) is 0 Å². The zero-order chi connectivity index (χ0) is 13.0. The monoisotopic (exact) mass is 252 g/mol. The van der Waals surface area contributed by atoms with Gasteiger partial charge < -0.3 is 10.0 Å². The molecule has 1 amide bonds. The average molecular weight is 252 g/mol. The van der Waals surface area contributed by atoms with E-state index < -0.39 is 5.97 Å². The maximum absolute atomic E-state index is 12.0. The summed E-state index contributed by atoms with van der Waals surface area (Å²) in [4.78, 5) is 28.0. The average Bonchev–Trinajstić information content (AvgIpc) is 3.03. The summed E-state index contributed by atoms with van der Waals surface area (Å²) in [5.74, 6) is -0.876. The van der Waals surface area contributed by atoms with E-state index in [4.69, 9.17) is 5.11 Å². The second kappa shape index (κ2) is 5.61. The quantitative estimate of drug-likeness (QED) is 0.745. The van der Waals surface area contributed by atoms with Crippen molar-refractivity contribution in [2.24, 2.45) is 0 Å². The highest BCUT2D eigenvalue weighted by Crippen LogP contribution is 2.27. The van der Waals surface area contributed by atoms with Crippen LogP contribution in [0.2, 0.25) is 0 Å². The molecule has 98 valence electrons. The van der Waals surface area contributed by atoms with Gasteiger partial charge in [-0.05, 0) is 12.8 Å². The zero-order valence-corrected chi connectivity index (χ0v) is 10.0. The molecule has 7 nitrogen and oxygen atoms in total. The van der Waals surface area contributed by atoms with Crippen molar-refractivity contribution in [3.05, 3.63) is 12.7 Å². The van der Waals surface area contributed by atoms with Gasteiger partial charge in [-0.2, -0.15) is 5.10 Å². The molecule has 0 unspecified atom stereocenters. The van der Waals surface area contributed by atoms with Gasteiger partial charge in [0.2, 0.25) is 5.91 Å². The van der Waals surface area contributed by atoms with Gasteiger partial charge in [0.25, 0.3) is 0 Å². The van der Waals surface area contributed by atoms with Crippen LogP contribution in [0, 0.1) is 0 Å². The second-order valence-corrected chi connectivity index (χ2v) is 4.37. The van der Waals surface area contributed by atoms with Crippen molar-refractivity contribution < 1.29 is 14.7 Å². The Morgan fingerprint density at radius 1 is 1.39 bits per heavy atom. The lowest BCUT2D eigenvalue weighted by Crippen LogP contribution is -2.35. The third-order valence-corrected chi connectivity index (χ3v) is 2.90. The van der Waals surface area contributed by atoms with E-state index >= 15 is 0 Å². The fourth-order valence-electron chi connectivity index (χ4n) is 1.82. The highest BCUT2D eigenvalue weighted by atomic mass is 16.4. The number of hydrogen-bond donors (Lipinski definition) is 1. The standard InChI is InChI=1S/C11H16N4O3/c16-10(3-5-14-8-12-7-13-14)15(9-1-2-9)6-4-11(17)18/h7-9H,1-6H2,(H,17,18). The molecular weight excluding hydrogens is 236 g/mol. The minimum Gasteiger partial charge on any atom is -0.481 e. The maximum Gasteiger partial charge on any atom is 0.305 e. The number of carboxylic acid groups (broad SMARTS) is 1. The van der Waals surface area contributed by atoms with Gasteiger partial charge in [0.1, 0.15) is 12.7 Å². The number of aliphatic carboxylic acids is 1. The van der Waals surface area contributed by atoms with Crippen LogP contribution < -0.4 is 0 Å². The molecule has 1 heterocycles. The molecule has 0 bridgehead atoms. The zero-order valence-electron chi connectivity index (χ0n) is 10.0. The molecule has 2 rings (SSSR count). The van der Waals surface area contributed by atoms with Gasteiger partial charge >= 0.3 is 5.97 Å². The van der Waals surface area contributed by atoms with Gasteiger partial charge in [-0.15, -0.1) is 0 Å². The van der Waals surface area contributed by atoms with Crippen molar-refractivity contribution in [2.45, 2.75) is 38.3 Å². The van der Waals surface area contributed by atoms with E-state index in [0.29, 0.717) is 19.5 Å². The predicted molar refractivity (Wildman–Crippen MR) is 61.6 cm³/mol. The summed E-state index contributed by atoms with van der Waals surface area (Å²) in [6.07, 6.45) is 5.29. The highest BCUT2D eigenvalue weighted by molar-refractivity contribution is 5.77. The van der Waals surface area contributed by atoms with Crippen molar-refractivity contribution in [1.29, 1.82) is 0 Å². The Morgan fingerprint density at radius 3 is 2.72 bits per heavy atom. The van der Waals surface area contributed by atoms with E-state index in [1.54, 1.807) is 15.9 Å². The summed E-state index contributed by atoms with van der Waals surface area (Å²) in [7, 11) is 0. The minimum absolute atomic E-state index is 0.00532. The fourth-order valence-corrected chi connectivity index (χ4v) is 1.82. The van der Waals surface area contributed by atoms with Gasteiger partial charge in [-0.25, -0.2) is 4.98 Å². The number of carbonyl (C=O) groups excluding carboxylic acids is 1. The summed E-state index contributed by atoms with van der Waals surface area (Å²) in [5, 5.41) is 12.6. The molecule has 0 aromatic carbocycles. The van der Waals surface area contributed by atoms with Crippen LogP contribution in [0.4, 0.5) is 0 Å². The van der Waals surface area contributed by atoms with Crippen molar-refractivity contribution in [1.82, 2.24) is 19.7 Å². The first kappa shape index (κ1) is 12.5. The van der Waals surface area contributed by atoms with E-state index in [-0.39, 0.29) is 18.4 Å². The fraction of sp³-hybridized carbons (Fsp3) is 0.636. The number of rotatable bonds is 7. The number of carboxylic acids is 1. The van der Waals surface area contributed by atoms with Gasteiger partial charge in [-0.1, -0.05) is 0 Å². The number of aromatic nitrogens is 3. The third-order valence-electron chi connectivity index (χ3n) is 2.90. The first-order chi connectivity index (χ1) is 8.66. The Kier molecular flexibility index (Phi) is 3.91. The van der Waals surface area contributed by atoms with E-state index in [1.807, 2.05) is 0 Å². The molecule has 1 aromatic rings. The first-order valence-electron chi connectivity index (χ1n) is 6.00. The van der Waals surface area contributed by atoms with E-state index in [1.165, 1.54) is 6.33 Å². The first-order valence-corrected chi connectivity index (χ1v) is 6.00. The molecule has 1 fully saturated rings. The molecule has 1 N–H and O–H groups in total. The molecule has 7 heteroatoms. The van der Waals surface area contributed by atoms with Crippen LogP contribution in [-0.4, -0.2) is 49.2 Å². The molecule has 1 aliphatic rings. The summed E-state index contributed by atoms with van der Waals surface area (Å²) < 4.78 is 1.60. The lowest BCUT2D eigenvalue weighted by molar-refractivity contribution is -0.138. The van der Waals surface area contributed by atoms with Crippen LogP contribution in [0.5, 0.6) is 0 Å². The summed E-state index contributed by atoms with van der Waals surface area (Å²) in [5.41, 5.74) is 0.